The molecule has 0 aliphatic rings. The van der Waals surface area contributed by atoms with Crippen molar-refractivity contribution in [3.8, 4) is 0 Å². The highest BCUT2D eigenvalue weighted by Gasteiger charge is 1.91. The fourth-order valence-electron chi connectivity index (χ4n) is 1.32. The number of nitrogens with one attached hydrogen (secondary N) is 1. The highest BCUT2D eigenvalue weighted by Crippen LogP contribution is 2.09. The molecule has 0 spiro atoms. The van der Waals surface area contributed by atoms with E-state index < -0.39 is 0 Å². The summed E-state index contributed by atoms with van der Waals surface area (Å²) in [4.78, 5) is 0. The van der Waals surface area contributed by atoms with Gasteiger partial charge in [0.2, 0.25) is 0 Å². The number of rotatable bonds is 10. The zero-order valence-corrected chi connectivity index (χ0v) is 9.67. The fourth-order valence-corrected chi connectivity index (χ4v) is 1.32. The molecule has 1 nitrogen and oxygen atoms in total. The Bertz CT molecular complexity index is 213. The molecule has 0 aromatic heterocycles. The molecule has 15 heavy (non-hydrogen) atoms. The second-order valence-electron chi connectivity index (χ2n) is 3.58. The molecule has 0 aromatic rings. The first-order chi connectivity index (χ1) is 7.31. The zero-order chi connectivity index (χ0) is 11.4. The maximum Gasteiger partial charge on any atom is 0.0141 e. The summed E-state index contributed by atoms with van der Waals surface area (Å²) in [5, 5.41) is 3.10. The van der Waals surface area contributed by atoms with Crippen molar-refractivity contribution >= 4 is 0 Å². The zero-order valence-electron chi connectivity index (χ0n) is 9.67. The average Bonchev–Trinajstić information content (AvgIpc) is 2.25. The van der Waals surface area contributed by atoms with Gasteiger partial charge in [0.05, 0.1) is 0 Å². The van der Waals surface area contributed by atoms with Crippen molar-refractivity contribution in [2.45, 2.75) is 32.1 Å². The second kappa shape index (κ2) is 10.8. The van der Waals surface area contributed by atoms with E-state index in [1.807, 2.05) is 12.2 Å². The van der Waals surface area contributed by atoms with E-state index in [9.17, 15) is 0 Å². The lowest BCUT2D eigenvalue weighted by Crippen LogP contribution is -2.05. The summed E-state index contributed by atoms with van der Waals surface area (Å²) >= 11 is 0. The fraction of sp³-hybridized carbons (Fsp3) is 0.429. The molecule has 0 bridgehead atoms. The first kappa shape index (κ1) is 13.8. The standard InChI is InChI=1S/C14H23N/c1-4-6-11-14(3)12-9-7-8-10-13-15-5-2/h4-6,11,15H,1-3,7-10,12-13H2/b11-6-. The summed E-state index contributed by atoms with van der Waals surface area (Å²) in [6.45, 7) is 12.3. The minimum Gasteiger partial charge on any atom is -0.391 e. The van der Waals surface area contributed by atoms with Crippen LogP contribution in [-0.2, 0) is 0 Å². The average molecular weight is 205 g/mol. The predicted octanol–water partition coefficient (Wildman–Crippen LogP) is 3.97. The molecule has 0 rings (SSSR count). The minimum absolute atomic E-state index is 1.04. The molecule has 1 heteroatoms. The first-order valence-corrected chi connectivity index (χ1v) is 5.62. The maximum atomic E-state index is 3.98. The van der Waals surface area contributed by atoms with Gasteiger partial charge in [0.15, 0.2) is 0 Å². The van der Waals surface area contributed by atoms with E-state index in [0.717, 1.165) is 13.0 Å². The minimum atomic E-state index is 1.04. The Morgan fingerprint density at radius 2 is 1.80 bits per heavy atom. The van der Waals surface area contributed by atoms with Crippen LogP contribution in [0.4, 0.5) is 0 Å². The van der Waals surface area contributed by atoms with Gasteiger partial charge >= 0.3 is 0 Å². The van der Waals surface area contributed by atoms with Crippen molar-refractivity contribution < 1.29 is 0 Å². The third-order valence-electron chi connectivity index (χ3n) is 2.18. The highest BCUT2D eigenvalue weighted by molar-refractivity contribution is 5.17. The van der Waals surface area contributed by atoms with Crippen molar-refractivity contribution in [3.05, 3.63) is 49.7 Å². The first-order valence-electron chi connectivity index (χ1n) is 5.62. The molecule has 0 aliphatic heterocycles. The van der Waals surface area contributed by atoms with E-state index in [0.29, 0.717) is 0 Å². The van der Waals surface area contributed by atoms with E-state index in [1.54, 1.807) is 12.3 Å². The van der Waals surface area contributed by atoms with Gasteiger partial charge in [-0.1, -0.05) is 56.4 Å². The predicted molar refractivity (Wildman–Crippen MR) is 69.8 cm³/mol. The smallest absolute Gasteiger partial charge is 0.0141 e. The van der Waals surface area contributed by atoms with Gasteiger partial charge in [-0.3, -0.25) is 0 Å². The molecule has 0 heterocycles. The van der Waals surface area contributed by atoms with E-state index in [1.165, 1.54) is 31.3 Å². The van der Waals surface area contributed by atoms with Crippen molar-refractivity contribution in [2.24, 2.45) is 0 Å². The lowest BCUT2D eigenvalue weighted by molar-refractivity contribution is 0.626. The SMILES string of the molecule is C=C/C=C\C(=C)CCCCCCNC=C. The van der Waals surface area contributed by atoms with Crippen LogP contribution in [0.5, 0.6) is 0 Å². The largest absolute Gasteiger partial charge is 0.391 e. The van der Waals surface area contributed by atoms with Crippen LogP contribution in [-0.4, -0.2) is 6.54 Å². The van der Waals surface area contributed by atoms with Crippen LogP contribution in [0, 0.1) is 0 Å². The van der Waals surface area contributed by atoms with Gasteiger partial charge in [0, 0.05) is 6.54 Å². The van der Waals surface area contributed by atoms with Crippen LogP contribution < -0.4 is 5.32 Å². The van der Waals surface area contributed by atoms with Gasteiger partial charge in [0.25, 0.3) is 0 Å². The van der Waals surface area contributed by atoms with Gasteiger partial charge < -0.3 is 5.32 Å². The van der Waals surface area contributed by atoms with Crippen LogP contribution in [0.1, 0.15) is 32.1 Å². The lowest BCUT2D eigenvalue weighted by Gasteiger charge is -2.02. The van der Waals surface area contributed by atoms with Crippen molar-refractivity contribution in [1.29, 1.82) is 0 Å². The Morgan fingerprint density at radius 1 is 1.07 bits per heavy atom. The number of hydrogen-bond acceptors (Lipinski definition) is 1. The molecule has 0 unspecified atom stereocenters. The Hall–Kier alpha value is -1.24. The Balaban J connectivity index is 3.23. The molecule has 0 saturated heterocycles. The van der Waals surface area contributed by atoms with Crippen LogP contribution in [0.25, 0.3) is 0 Å². The van der Waals surface area contributed by atoms with E-state index >= 15 is 0 Å². The summed E-state index contributed by atoms with van der Waals surface area (Å²) in [5.41, 5.74) is 1.19. The van der Waals surface area contributed by atoms with E-state index in [2.05, 4.69) is 25.1 Å². The molecule has 0 aromatic carbocycles. The van der Waals surface area contributed by atoms with Gasteiger partial charge in [-0.15, -0.1) is 0 Å². The van der Waals surface area contributed by atoms with Gasteiger partial charge in [-0.25, -0.2) is 0 Å². The van der Waals surface area contributed by atoms with Gasteiger partial charge in [-0.2, -0.15) is 0 Å². The van der Waals surface area contributed by atoms with Gasteiger partial charge in [0.1, 0.15) is 0 Å². The van der Waals surface area contributed by atoms with Crippen LogP contribution in [0.15, 0.2) is 49.7 Å². The third-order valence-corrected chi connectivity index (χ3v) is 2.18. The quantitative estimate of drug-likeness (QED) is 0.420. The van der Waals surface area contributed by atoms with Crippen molar-refractivity contribution in [2.75, 3.05) is 6.54 Å². The molecular weight excluding hydrogens is 182 g/mol. The molecule has 0 amide bonds. The molecule has 0 aliphatic carbocycles. The highest BCUT2D eigenvalue weighted by atomic mass is 14.8. The third kappa shape index (κ3) is 10.7. The van der Waals surface area contributed by atoms with Crippen LogP contribution in [0.3, 0.4) is 0 Å². The monoisotopic (exact) mass is 205 g/mol. The number of unbranched alkanes of at least 4 members (excludes halogenated alkanes) is 3. The summed E-state index contributed by atoms with van der Waals surface area (Å²) < 4.78 is 0. The summed E-state index contributed by atoms with van der Waals surface area (Å²) in [6.07, 6.45) is 13.6. The molecule has 0 fully saturated rings. The number of hydrogen-bond donors (Lipinski definition) is 1. The van der Waals surface area contributed by atoms with Crippen LogP contribution >= 0.6 is 0 Å². The van der Waals surface area contributed by atoms with E-state index in [4.69, 9.17) is 0 Å². The summed E-state index contributed by atoms with van der Waals surface area (Å²) in [6, 6.07) is 0. The molecule has 0 atom stereocenters. The lowest BCUT2D eigenvalue weighted by atomic mass is 10.1. The normalized spacial score (nSPS) is 10.1. The topological polar surface area (TPSA) is 12.0 Å². The molecule has 0 saturated carbocycles. The van der Waals surface area contributed by atoms with Gasteiger partial charge in [-0.05, 0) is 25.5 Å². The van der Waals surface area contributed by atoms with Crippen molar-refractivity contribution in [3.63, 3.8) is 0 Å². The summed E-state index contributed by atoms with van der Waals surface area (Å²) in [5.74, 6) is 0. The second-order valence-corrected chi connectivity index (χ2v) is 3.58. The number of allylic oxidation sites excluding steroid dienone is 4. The Kier molecular flexibility index (Phi) is 9.94. The maximum absolute atomic E-state index is 3.98. The van der Waals surface area contributed by atoms with Crippen molar-refractivity contribution in [1.82, 2.24) is 5.32 Å². The molecular formula is C14H23N. The Morgan fingerprint density at radius 3 is 2.47 bits per heavy atom. The molecule has 0 radical (unpaired) electrons. The van der Waals surface area contributed by atoms with E-state index in [-0.39, 0.29) is 0 Å². The molecule has 1 N–H and O–H groups in total. The Labute approximate surface area is 94.3 Å². The molecule has 84 valence electrons. The van der Waals surface area contributed by atoms with Crippen LogP contribution in [0.2, 0.25) is 0 Å². The summed E-state index contributed by atoms with van der Waals surface area (Å²) in [7, 11) is 0.